The van der Waals surface area contributed by atoms with E-state index in [0.29, 0.717) is 10.7 Å². The molecular weight excluding hydrogens is 280 g/mol. The normalized spacial score (nSPS) is 11.6. The number of sulfonamides is 1. The van der Waals surface area contributed by atoms with E-state index in [4.69, 9.17) is 0 Å². The Balaban J connectivity index is 2.39. The van der Waals surface area contributed by atoms with Gasteiger partial charge in [-0.2, -0.15) is 0 Å². The molecule has 0 saturated heterocycles. The molecule has 0 unspecified atom stereocenters. The highest BCUT2D eigenvalue weighted by molar-refractivity contribution is 7.93. The fourth-order valence-electron chi connectivity index (χ4n) is 1.96. The zero-order chi connectivity index (χ0) is 14.2. The van der Waals surface area contributed by atoms with Crippen LogP contribution in [0.1, 0.15) is 21.0 Å². The number of nitrogens with one attached hydrogen (secondary N) is 1. The van der Waals surface area contributed by atoms with Gasteiger partial charge in [0.1, 0.15) is 10.7 Å². The standard InChI is InChI=1S/C13H16N2O2S2/c1-8-5-9(2)14-13(6-8)15-19(16,17)12-7-10(3)18-11(12)4/h5-7H,1-4H3,(H,14,15). The number of hydrogen-bond donors (Lipinski definition) is 1. The summed E-state index contributed by atoms with van der Waals surface area (Å²) in [5.41, 5.74) is 1.76. The molecule has 2 heterocycles. The molecule has 0 saturated carbocycles. The Bertz CT molecular complexity index is 698. The van der Waals surface area contributed by atoms with Crippen LogP contribution in [0.15, 0.2) is 23.1 Å². The van der Waals surface area contributed by atoms with Gasteiger partial charge in [0.15, 0.2) is 0 Å². The van der Waals surface area contributed by atoms with Crippen molar-refractivity contribution in [3.05, 3.63) is 39.2 Å². The molecule has 0 aliphatic rings. The fraction of sp³-hybridized carbons (Fsp3) is 0.308. The number of thiophene rings is 1. The van der Waals surface area contributed by atoms with Crippen LogP contribution in [0.25, 0.3) is 0 Å². The Morgan fingerprint density at radius 3 is 2.32 bits per heavy atom. The smallest absolute Gasteiger partial charge is 0.263 e. The van der Waals surface area contributed by atoms with E-state index in [0.717, 1.165) is 21.0 Å². The molecule has 0 radical (unpaired) electrons. The maximum Gasteiger partial charge on any atom is 0.264 e. The van der Waals surface area contributed by atoms with Crippen LogP contribution in [0.4, 0.5) is 5.82 Å². The predicted molar refractivity (Wildman–Crippen MR) is 78.3 cm³/mol. The quantitative estimate of drug-likeness (QED) is 0.946. The number of anilines is 1. The van der Waals surface area contributed by atoms with Crippen molar-refractivity contribution in [2.24, 2.45) is 0 Å². The zero-order valence-corrected chi connectivity index (χ0v) is 12.9. The Morgan fingerprint density at radius 2 is 1.79 bits per heavy atom. The summed E-state index contributed by atoms with van der Waals surface area (Å²) in [6, 6.07) is 5.31. The van der Waals surface area contributed by atoms with Gasteiger partial charge < -0.3 is 0 Å². The molecule has 0 spiro atoms. The summed E-state index contributed by atoms with van der Waals surface area (Å²) in [5.74, 6) is 0.362. The van der Waals surface area contributed by atoms with E-state index in [9.17, 15) is 8.42 Å². The molecule has 0 aliphatic heterocycles. The van der Waals surface area contributed by atoms with E-state index in [1.807, 2.05) is 26.8 Å². The molecule has 19 heavy (non-hydrogen) atoms. The summed E-state index contributed by atoms with van der Waals surface area (Å²) in [5, 5.41) is 0. The highest BCUT2D eigenvalue weighted by Crippen LogP contribution is 2.26. The van der Waals surface area contributed by atoms with Crippen molar-refractivity contribution >= 4 is 27.2 Å². The first-order valence-electron chi connectivity index (χ1n) is 5.83. The third kappa shape index (κ3) is 3.13. The first-order chi connectivity index (χ1) is 8.78. The molecule has 6 heteroatoms. The third-order valence-electron chi connectivity index (χ3n) is 2.62. The van der Waals surface area contributed by atoms with Crippen LogP contribution < -0.4 is 4.72 Å². The van der Waals surface area contributed by atoms with Gasteiger partial charge in [-0.1, -0.05) is 0 Å². The van der Waals surface area contributed by atoms with Crippen molar-refractivity contribution in [1.29, 1.82) is 0 Å². The summed E-state index contributed by atoms with van der Waals surface area (Å²) in [4.78, 5) is 6.29. The minimum atomic E-state index is -3.56. The number of pyridine rings is 1. The van der Waals surface area contributed by atoms with Crippen molar-refractivity contribution in [2.75, 3.05) is 4.72 Å². The zero-order valence-electron chi connectivity index (χ0n) is 11.3. The lowest BCUT2D eigenvalue weighted by atomic mass is 10.2. The van der Waals surface area contributed by atoms with E-state index in [2.05, 4.69) is 9.71 Å². The van der Waals surface area contributed by atoms with Crippen LogP contribution in [0.3, 0.4) is 0 Å². The van der Waals surface area contributed by atoms with Gasteiger partial charge in [-0.05, 0) is 51.5 Å². The van der Waals surface area contributed by atoms with E-state index >= 15 is 0 Å². The molecule has 102 valence electrons. The number of aromatic nitrogens is 1. The number of aryl methyl sites for hydroxylation is 4. The highest BCUT2D eigenvalue weighted by Gasteiger charge is 2.19. The van der Waals surface area contributed by atoms with Crippen molar-refractivity contribution in [3.8, 4) is 0 Å². The first-order valence-corrected chi connectivity index (χ1v) is 8.13. The summed E-state index contributed by atoms with van der Waals surface area (Å²) in [7, 11) is -3.56. The maximum absolute atomic E-state index is 12.3. The van der Waals surface area contributed by atoms with Crippen molar-refractivity contribution in [1.82, 2.24) is 4.98 Å². The fourth-order valence-corrected chi connectivity index (χ4v) is 4.51. The van der Waals surface area contributed by atoms with Crippen LogP contribution in [-0.2, 0) is 10.0 Å². The third-order valence-corrected chi connectivity index (χ3v) is 5.20. The lowest BCUT2D eigenvalue weighted by Crippen LogP contribution is -2.14. The van der Waals surface area contributed by atoms with Crippen LogP contribution in [-0.4, -0.2) is 13.4 Å². The van der Waals surface area contributed by atoms with Gasteiger partial charge in [-0.25, -0.2) is 13.4 Å². The average Bonchev–Trinajstić information content (AvgIpc) is 2.56. The molecule has 0 atom stereocenters. The molecule has 4 nitrogen and oxygen atoms in total. The van der Waals surface area contributed by atoms with Crippen LogP contribution in [0, 0.1) is 27.7 Å². The Kier molecular flexibility index (Phi) is 3.64. The van der Waals surface area contributed by atoms with Gasteiger partial charge in [0, 0.05) is 15.4 Å². The molecule has 2 rings (SSSR count). The van der Waals surface area contributed by atoms with E-state index in [1.54, 1.807) is 19.1 Å². The number of hydrogen-bond acceptors (Lipinski definition) is 4. The largest absolute Gasteiger partial charge is 0.264 e. The molecule has 1 N–H and O–H groups in total. The second-order valence-corrected chi connectivity index (χ2v) is 7.67. The van der Waals surface area contributed by atoms with Crippen LogP contribution in [0.5, 0.6) is 0 Å². The van der Waals surface area contributed by atoms with Gasteiger partial charge in [0.2, 0.25) is 0 Å². The van der Waals surface area contributed by atoms with Crippen LogP contribution in [0.2, 0.25) is 0 Å². The maximum atomic E-state index is 12.3. The molecule has 0 amide bonds. The van der Waals surface area contributed by atoms with Gasteiger partial charge in [-0.15, -0.1) is 11.3 Å². The predicted octanol–water partition coefficient (Wildman–Crippen LogP) is 3.18. The second kappa shape index (κ2) is 4.94. The second-order valence-electron chi connectivity index (χ2n) is 4.55. The van der Waals surface area contributed by atoms with Crippen LogP contribution >= 0.6 is 11.3 Å². The Labute approximate surface area is 117 Å². The molecule has 0 aromatic carbocycles. The van der Waals surface area contributed by atoms with Gasteiger partial charge in [0.05, 0.1) is 0 Å². The van der Waals surface area contributed by atoms with E-state index in [1.165, 1.54) is 11.3 Å². The highest BCUT2D eigenvalue weighted by atomic mass is 32.2. The van der Waals surface area contributed by atoms with Crippen molar-refractivity contribution in [2.45, 2.75) is 32.6 Å². The van der Waals surface area contributed by atoms with Crippen molar-refractivity contribution in [3.63, 3.8) is 0 Å². The molecular formula is C13H16N2O2S2. The van der Waals surface area contributed by atoms with E-state index in [-0.39, 0.29) is 0 Å². The number of nitrogens with zero attached hydrogens (tertiary/aromatic N) is 1. The number of rotatable bonds is 3. The summed E-state index contributed by atoms with van der Waals surface area (Å²) >= 11 is 1.47. The summed E-state index contributed by atoms with van der Waals surface area (Å²) < 4.78 is 27.2. The Hall–Kier alpha value is -1.40. The van der Waals surface area contributed by atoms with Crippen molar-refractivity contribution < 1.29 is 8.42 Å². The van der Waals surface area contributed by atoms with Gasteiger partial charge in [0.25, 0.3) is 10.0 Å². The topological polar surface area (TPSA) is 59.1 Å². The first kappa shape index (κ1) is 14.0. The summed E-state index contributed by atoms with van der Waals surface area (Å²) in [6.45, 7) is 7.45. The lowest BCUT2D eigenvalue weighted by molar-refractivity contribution is 0.601. The lowest BCUT2D eigenvalue weighted by Gasteiger charge is -2.08. The van der Waals surface area contributed by atoms with Gasteiger partial charge >= 0.3 is 0 Å². The molecule has 0 bridgehead atoms. The minimum Gasteiger partial charge on any atom is -0.263 e. The minimum absolute atomic E-state index is 0.330. The van der Waals surface area contributed by atoms with Gasteiger partial charge in [-0.3, -0.25) is 4.72 Å². The molecule has 2 aromatic heterocycles. The average molecular weight is 296 g/mol. The monoisotopic (exact) mass is 296 g/mol. The SMILES string of the molecule is Cc1cc(C)nc(NS(=O)(=O)c2cc(C)sc2C)c1. The van der Waals surface area contributed by atoms with E-state index < -0.39 is 10.0 Å². The molecule has 2 aromatic rings. The summed E-state index contributed by atoms with van der Waals surface area (Å²) in [6.07, 6.45) is 0. The Morgan fingerprint density at radius 1 is 1.11 bits per heavy atom. The molecule has 0 fully saturated rings. The molecule has 0 aliphatic carbocycles.